The highest BCUT2D eigenvalue weighted by molar-refractivity contribution is 9.09. The van der Waals surface area contributed by atoms with E-state index in [4.69, 9.17) is 0 Å². The molecule has 15 heavy (non-hydrogen) atoms. The van der Waals surface area contributed by atoms with Gasteiger partial charge < -0.3 is 5.32 Å². The molecule has 1 rings (SSSR count). The lowest BCUT2D eigenvalue weighted by molar-refractivity contribution is -0.122. The van der Waals surface area contributed by atoms with Crippen LogP contribution in [0.2, 0.25) is 0 Å². The molecule has 0 aromatic heterocycles. The van der Waals surface area contributed by atoms with Gasteiger partial charge in [0.1, 0.15) is 0 Å². The van der Waals surface area contributed by atoms with E-state index >= 15 is 0 Å². The van der Waals surface area contributed by atoms with Gasteiger partial charge in [0.05, 0.1) is 0 Å². The highest BCUT2D eigenvalue weighted by Gasteiger charge is 2.20. The molecule has 0 saturated heterocycles. The Balaban J connectivity index is 2.20. The summed E-state index contributed by atoms with van der Waals surface area (Å²) in [4.78, 5) is 12.3. The third-order valence-corrected chi connectivity index (χ3v) is 4.17. The van der Waals surface area contributed by atoms with Crippen molar-refractivity contribution in [1.29, 1.82) is 0 Å². The van der Waals surface area contributed by atoms with Crippen LogP contribution >= 0.6 is 15.9 Å². The van der Waals surface area contributed by atoms with Gasteiger partial charge in [-0.3, -0.25) is 4.79 Å². The molecule has 0 aliphatic heterocycles. The Bertz CT molecular complexity index is 200. The van der Waals surface area contributed by atoms with E-state index in [0.717, 1.165) is 19.3 Å². The summed E-state index contributed by atoms with van der Waals surface area (Å²) in [5, 5.41) is 3.14. The molecule has 1 unspecified atom stereocenters. The van der Waals surface area contributed by atoms with Crippen LogP contribution in [0.5, 0.6) is 0 Å². The zero-order valence-corrected chi connectivity index (χ0v) is 11.3. The summed E-state index contributed by atoms with van der Waals surface area (Å²) < 4.78 is 0. The second-order valence-electron chi connectivity index (χ2n) is 4.73. The number of nitrogens with one attached hydrogen (secondary N) is 1. The number of halogens is 1. The van der Waals surface area contributed by atoms with Crippen LogP contribution in [0.3, 0.4) is 0 Å². The first kappa shape index (κ1) is 13.0. The van der Waals surface area contributed by atoms with Crippen LogP contribution in [0.4, 0.5) is 0 Å². The van der Waals surface area contributed by atoms with Crippen molar-refractivity contribution in [3.8, 4) is 0 Å². The number of rotatable bonds is 4. The number of carbonyl (C=O) groups excluding carboxylic acids is 1. The molecule has 0 spiro atoms. The molecule has 1 atom stereocenters. The van der Waals surface area contributed by atoms with E-state index in [1.54, 1.807) is 0 Å². The maximum Gasteiger partial charge on any atom is 0.220 e. The predicted octanol–water partition coefficient (Wildman–Crippen LogP) is 3.24. The summed E-state index contributed by atoms with van der Waals surface area (Å²) in [6.07, 6.45) is 6.40. The molecule has 0 heterocycles. The van der Waals surface area contributed by atoms with Crippen molar-refractivity contribution >= 4 is 21.8 Å². The van der Waals surface area contributed by atoms with Gasteiger partial charge in [-0.2, -0.15) is 0 Å². The Kier molecular flexibility index (Phi) is 5.65. The van der Waals surface area contributed by atoms with E-state index in [9.17, 15) is 4.79 Å². The normalized spacial score (nSPS) is 28.5. The zero-order valence-electron chi connectivity index (χ0n) is 9.76. The first-order chi connectivity index (χ1) is 7.11. The van der Waals surface area contributed by atoms with Gasteiger partial charge >= 0.3 is 0 Å². The minimum absolute atomic E-state index is 0.238. The second-order valence-corrected chi connectivity index (χ2v) is 6.03. The van der Waals surface area contributed by atoms with Crippen LogP contribution in [0, 0.1) is 5.92 Å². The Labute approximate surface area is 101 Å². The smallest absolute Gasteiger partial charge is 0.220 e. The molecule has 1 aliphatic carbocycles. The van der Waals surface area contributed by atoms with E-state index in [1.165, 1.54) is 12.8 Å². The molecule has 2 nitrogen and oxygen atoms in total. The summed E-state index contributed by atoms with van der Waals surface area (Å²) in [7, 11) is 0. The Hall–Kier alpha value is -0.0500. The molecular weight excluding hydrogens is 254 g/mol. The van der Waals surface area contributed by atoms with E-state index in [2.05, 4.69) is 35.1 Å². The molecule has 0 aromatic rings. The Morgan fingerprint density at radius 3 is 2.53 bits per heavy atom. The standard InChI is InChI=1S/C12H22BrNO/c1-3-9(2)8-12(15)14-11-6-4-10(13)5-7-11/h9-11H,3-8H2,1-2H3,(H,14,15). The van der Waals surface area contributed by atoms with Gasteiger partial charge in [0.2, 0.25) is 5.91 Å². The van der Waals surface area contributed by atoms with Crippen molar-refractivity contribution in [2.45, 2.75) is 63.2 Å². The van der Waals surface area contributed by atoms with Crippen LogP contribution in [-0.4, -0.2) is 16.8 Å². The monoisotopic (exact) mass is 275 g/mol. The fourth-order valence-corrected chi connectivity index (χ4v) is 2.47. The number of alkyl halides is 1. The number of carbonyl (C=O) groups is 1. The maximum atomic E-state index is 11.6. The quantitative estimate of drug-likeness (QED) is 0.785. The molecule has 0 radical (unpaired) electrons. The molecule has 1 aliphatic rings. The molecular formula is C12H22BrNO. The SMILES string of the molecule is CCC(C)CC(=O)NC1CCC(Br)CC1. The molecule has 1 saturated carbocycles. The van der Waals surface area contributed by atoms with Gasteiger partial charge in [-0.25, -0.2) is 0 Å². The first-order valence-electron chi connectivity index (χ1n) is 6.05. The van der Waals surface area contributed by atoms with Gasteiger partial charge in [0, 0.05) is 17.3 Å². The fourth-order valence-electron chi connectivity index (χ4n) is 1.94. The van der Waals surface area contributed by atoms with Crippen molar-refractivity contribution in [1.82, 2.24) is 5.32 Å². The van der Waals surface area contributed by atoms with Crippen molar-refractivity contribution in [3.63, 3.8) is 0 Å². The summed E-state index contributed by atoms with van der Waals surface area (Å²) in [5.74, 6) is 0.750. The predicted molar refractivity (Wildman–Crippen MR) is 67.2 cm³/mol. The number of amides is 1. The van der Waals surface area contributed by atoms with Crippen LogP contribution in [-0.2, 0) is 4.79 Å². The summed E-state index contributed by atoms with van der Waals surface area (Å²) in [6.45, 7) is 4.27. The topological polar surface area (TPSA) is 29.1 Å². The van der Waals surface area contributed by atoms with Gasteiger partial charge in [-0.15, -0.1) is 0 Å². The molecule has 0 bridgehead atoms. The Morgan fingerprint density at radius 1 is 1.40 bits per heavy atom. The van der Waals surface area contributed by atoms with Crippen molar-refractivity contribution < 1.29 is 4.79 Å². The largest absolute Gasteiger partial charge is 0.353 e. The molecule has 3 heteroatoms. The molecule has 0 aromatic carbocycles. The van der Waals surface area contributed by atoms with E-state index in [-0.39, 0.29) is 5.91 Å². The van der Waals surface area contributed by atoms with Gasteiger partial charge in [-0.1, -0.05) is 36.2 Å². The maximum absolute atomic E-state index is 11.6. The molecule has 1 N–H and O–H groups in total. The summed E-state index contributed by atoms with van der Waals surface area (Å²) in [6, 6.07) is 0.426. The van der Waals surface area contributed by atoms with Crippen LogP contribution in [0.15, 0.2) is 0 Å². The first-order valence-corrected chi connectivity index (χ1v) is 6.96. The van der Waals surface area contributed by atoms with Crippen LogP contribution < -0.4 is 5.32 Å². The minimum atomic E-state index is 0.238. The molecule has 1 fully saturated rings. The fraction of sp³-hybridized carbons (Fsp3) is 0.917. The number of hydrogen-bond donors (Lipinski definition) is 1. The van der Waals surface area contributed by atoms with E-state index in [1.807, 2.05) is 0 Å². The van der Waals surface area contributed by atoms with Gasteiger partial charge in [-0.05, 0) is 31.6 Å². The zero-order chi connectivity index (χ0) is 11.3. The highest BCUT2D eigenvalue weighted by atomic mass is 79.9. The minimum Gasteiger partial charge on any atom is -0.353 e. The van der Waals surface area contributed by atoms with E-state index < -0.39 is 0 Å². The van der Waals surface area contributed by atoms with Gasteiger partial charge in [0.15, 0.2) is 0 Å². The second kappa shape index (κ2) is 6.51. The van der Waals surface area contributed by atoms with Crippen LogP contribution in [0.25, 0.3) is 0 Å². The Morgan fingerprint density at radius 2 is 2.00 bits per heavy atom. The van der Waals surface area contributed by atoms with Crippen molar-refractivity contribution in [2.24, 2.45) is 5.92 Å². The van der Waals surface area contributed by atoms with Gasteiger partial charge in [0.25, 0.3) is 0 Å². The summed E-state index contributed by atoms with van der Waals surface area (Å²) >= 11 is 3.62. The lowest BCUT2D eigenvalue weighted by Gasteiger charge is -2.26. The molecule has 1 amide bonds. The molecule has 88 valence electrons. The lowest BCUT2D eigenvalue weighted by atomic mass is 9.95. The number of hydrogen-bond acceptors (Lipinski definition) is 1. The van der Waals surface area contributed by atoms with Crippen LogP contribution in [0.1, 0.15) is 52.4 Å². The third-order valence-electron chi connectivity index (χ3n) is 3.25. The average molecular weight is 276 g/mol. The average Bonchev–Trinajstić information content (AvgIpc) is 2.21. The van der Waals surface area contributed by atoms with Crippen molar-refractivity contribution in [3.05, 3.63) is 0 Å². The lowest BCUT2D eigenvalue weighted by Crippen LogP contribution is -2.38. The summed E-state index contributed by atoms with van der Waals surface area (Å²) in [5.41, 5.74) is 0. The highest BCUT2D eigenvalue weighted by Crippen LogP contribution is 2.24. The third kappa shape index (κ3) is 5.01. The van der Waals surface area contributed by atoms with E-state index in [0.29, 0.717) is 23.2 Å². The van der Waals surface area contributed by atoms with Crippen molar-refractivity contribution in [2.75, 3.05) is 0 Å².